The zero-order chi connectivity index (χ0) is 23.4. The molecule has 0 spiro atoms. The third-order valence-corrected chi connectivity index (χ3v) is 5.11. The summed E-state index contributed by atoms with van der Waals surface area (Å²) in [6, 6.07) is 12.1. The number of ether oxygens (including phenoxy) is 2. The number of anilines is 1. The molecule has 0 saturated carbocycles. The topological polar surface area (TPSA) is 82.5 Å². The number of halogens is 3. The van der Waals surface area contributed by atoms with Crippen molar-refractivity contribution in [2.75, 3.05) is 5.32 Å². The highest BCUT2D eigenvalue weighted by molar-refractivity contribution is 6.31. The molecular weight excluding hydrogens is 444 g/mol. The number of amides is 1. The van der Waals surface area contributed by atoms with Crippen molar-refractivity contribution >= 4 is 29.2 Å². The van der Waals surface area contributed by atoms with Crippen LogP contribution in [0.25, 0.3) is 5.69 Å². The number of aryl methyl sites for hydroxylation is 1. The van der Waals surface area contributed by atoms with Gasteiger partial charge in [-0.15, -0.1) is 0 Å². The second kappa shape index (κ2) is 9.78. The van der Waals surface area contributed by atoms with E-state index in [4.69, 9.17) is 16.3 Å². The van der Waals surface area contributed by atoms with Crippen LogP contribution in [0.5, 0.6) is 5.75 Å². The van der Waals surface area contributed by atoms with E-state index in [9.17, 15) is 18.4 Å². The first-order valence-corrected chi connectivity index (χ1v) is 9.93. The molecule has 0 aliphatic heterocycles. The lowest BCUT2D eigenvalue weighted by Crippen LogP contribution is -2.30. The van der Waals surface area contributed by atoms with Crippen LogP contribution < -0.4 is 10.1 Å². The Labute approximate surface area is 187 Å². The van der Waals surface area contributed by atoms with Gasteiger partial charge in [-0.3, -0.25) is 4.79 Å². The second-order valence-electron chi connectivity index (χ2n) is 6.85. The van der Waals surface area contributed by atoms with Gasteiger partial charge in [0.25, 0.3) is 5.91 Å². The highest BCUT2D eigenvalue weighted by atomic mass is 35.5. The quantitative estimate of drug-likeness (QED) is 0.502. The van der Waals surface area contributed by atoms with Crippen molar-refractivity contribution in [1.82, 2.24) is 9.78 Å². The van der Waals surface area contributed by atoms with E-state index < -0.39 is 24.6 Å². The zero-order valence-corrected chi connectivity index (χ0v) is 18.2. The number of esters is 1. The van der Waals surface area contributed by atoms with Gasteiger partial charge in [-0.05, 0) is 57.2 Å². The molecule has 10 heteroatoms. The average molecular weight is 464 g/mol. The number of carbonyl (C=O) groups is 2. The summed E-state index contributed by atoms with van der Waals surface area (Å²) in [5.74, 6) is -1.62. The third kappa shape index (κ3) is 5.23. The number of rotatable bonds is 7. The van der Waals surface area contributed by atoms with Crippen LogP contribution in [0.2, 0.25) is 5.02 Å². The van der Waals surface area contributed by atoms with Crippen molar-refractivity contribution in [3.05, 3.63) is 70.5 Å². The highest BCUT2D eigenvalue weighted by Gasteiger charge is 2.21. The second-order valence-corrected chi connectivity index (χ2v) is 7.23. The molecular formula is C22H20ClF2N3O4. The number of alkyl halides is 2. The first-order valence-electron chi connectivity index (χ1n) is 9.55. The Morgan fingerprint density at radius 3 is 2.34 bits per heavy atom. The van der Waals surface area contributed by atoms with E-state index in [2.05, 4.69) is 15.2 Å². The first kappa shape index (κ1) is 23.2. The summed E-state index contributed by atoms with van der Waals surface area (Å²) in [6.07, 6.45) is -1.18. The molecule has 0 radical (unpaired) electrons. The van der Waals surface area contributed by atoms with Crippen LogP contribution in [-0.4, -0.2) is 34.4 Å². The molecule has 1 N–H and O–H groups in total. The normalized spacial score (nSPS) is 11.8. The molecule has 0 fully saturated rings. The Kier molecular flexibility index (Phi) is 7.09. The third-order valence-electron chi connectivity index (χ3n) is 4.56. The van der Waals surface area contributed by atoms with Crippen molar-refractivity contribution in [1.29, 1.82) is 0 Å². The minimum Gasteiger partial charge on any atom is -0.449 e. The van der Waals surface area contributed by atoms with E-state index in [0.29, 0.717) is 16.4 Å². The van der Waals surface area contributed by atoms with Crippen LogP contribution >= 0.6 is 11.6 Å². The zero-order valence-electron chi connectivity index (χ0n) is 17.4. The van der Waals surface area contributed by atoms with Gasteiger partial charge in [0.2, 0.25) is 0 Å². The summed E-state index contributed by atoms with van der Waals surface area (Å²) in [6.45, 7) is 1.95. The lowest BCUT2D eigenvalue weighted by atomic mass is 10.2. The molecule has 0 aliphatic rings. The molecule has 7 nitrogen and oxygen atoms in total. The van der Waals surface area contributed by atoms with Crippen molar-refractivity contribution in [2.45, 2.75) is 33.5 Å². The molecule has 3 rings (SSSR count). The summed E-state index contributed by atoms with van der Waals surface area (Å²) in [7, 11) is 0. The molecule has 0 saturated heterocycles. The predicted octanol–water partition coefficient (Wildman–Crippen LogP) is 4.93. The highest BCUT2D eigenvalue weighted by Crippen LogP contribution is 2.26. The number of carbonyl (C=O) groups excluding carboxylic acids is 2. The van der Waals surface area contributed by atoms with E-state index in [1.165, 1.54) is 25.1 Å². The van der Waals surface area contributed by atoms with Crippen LogP contribution in [0, 0.1) is 13.8 Å². The Morgan fingerprint density at radius 1 is 1.09 bits per heavy atom. The molecule has 1 atom stereocenters. The summed E-state index contributed by atoms with van der Waals surface area (Å²) < 4.78 is 36.3. The standard InChI is InChI=1S/C22H20ClF2N3O4/c1-12-19(23)13(2)28(27-12)16-10-8-15(9-11-16)21(30)31-14(3)20(29)26-17-6-4-5-7-18(17)32-22(24)25/h4-11,14,22H,1-3H3,(H,26,29). The Hall–Kier alpha value is -3.46. The number of nitrogens with one attached hydrogen (secondary N) is 1. The summed E-state index contributed by atoms with van der Waals surface area (Å²) in [5.41, 5.74) is 2.42. The maximum absolute atomic E-state index is 12.5. The Balaban J connectivity index is 1.65. The summed E-state index contributed by atoms with van der Waals surface area (Å²) >= 11 is 6.17. The van der Waals surface area contributed by atoms with E-state index in [0.717, 1.165) is 5.69 Å². The van der Waals surface area contributed by atoms with Gasteiger partial charge in [-0.1, -0.05) is 23.7 Å². The van der Waals surface area contributed by atoms with Crippen LogP contribution in [0.1, 0.15) is 28.7 Å². The number of benzene rings is 2. The minimum atomic E-state index is -3.04. The fourth-order valence-corrected chi connectivity index (χ4v) is 3.02. The number of hydrogen-bond acceptors (Lipinski definition) is 5. The van der Waals surface area contributed by atoms with Gasteiger partial charge in [0.1, 0.15) is 5.75 Å². The maximum atomic E-state index is 12.5. The molecule has 3 aromatic rings. The fraction of sp³-hybridized carbons (Fsp3) is 0.227. The number of aromatic nitrogens is 2. The van der Waals surface area contributed by atoms with Crippen molar-refractivity contribution < 1.29 is 27.8 Å². The van der Waals surface area contributed by atoms with E-state index in [-0.39, 0.29) is 17.0 Å². The van der Waals surface area contributed by atoms with Gasteiger partial charge in [-0.2, -0.15) is 13.9 Å². The number of hydrogen-bond donors (Lipinski definition) is 1. The fourth-order valence-electron chi connectivity index (χ4n) is 2.90. The van der Waals surface area contributed by atoms with E-state index in [1.54, 1.807) is 41.9 Å². The molecule has 0 bridgehead atoms. The van der Waals surface area contributed by atoms with Crippen LogP contribution in [0.15, 0.2) is 48.5 Å². The number of nitrogens with zero attached hydrogens (tertiary/aromatic N) is 2. The van der Waals surface area contributed by atoms with Gasteiger partial charge in [0.15, 0.2) is 6.10 Å². The minimum absolute atomic E-state index is 0.0357. The van der Waals surface area contributed by atoms with Crippen LogP contribution in [-0.2, 0) is 9.53 Å². The molecule has 1 amide bonds. The molecule has 1 aromatic heterocycles. The van der Waals surface area contributed by atoms with Crippen molar-refractivity contribution in [3.63, 3.8) is 0 Å². The smallest absolute Gasteiger partial charge is 0.387 e. The van der Waals surface area contributed by atoms with Crippen LogP contribution in [0.3, 0.4) is 0 Å². The molecule has 32 heavy (non-hydrogen) atoms. The van der Waals surface area contributed by atoms with Gasteiger partial charge in [0.05, 0.1) is 33.3 Å². The number of para-hydroxylation sites is 2. The lowest BCUT2D eigenvalue weighted by molar-refractivity contribution is -0.123. The molecule has 1 heterocycles. The van der Waals surface area contributed by atoms with E-state index >= 15 is 0 Å². The Bertz CT molecular complexity index is 1130. The van der Waals surface area contributed by atoms with E-state index in [1.807, 2.05) is 6.92 Å². The molecule has 0 aliphatic carbocycles. The molecule has 2 aromatic carbocycles. The SMILES string of the molecule is Cc1nn(-c2ccc(C(=O)OC(C)C(=O)Nc3ccccc3OC(F)F)cc2)c(C)c1Cl. The van der Waals surface area contributed by atoms with Crippen molar-refractivity contribution in [3.8, 4) is 11.4 Å². The Morgan fingerprint density at radius 2 is 1.75 bits per heavy atom. The van der Waals surface area contributed by atoms with Crippen molar-refractivity contribution in [2.24, 2.45) is 0 Å². The molecule has 1 unspecified atom stereocenters. The van der Waals surface area contributed by atoms with Gasteiger partial charge >= 0.3 is 12.6 Å². The molecule has 168 valence electrons. The largest absolute Gasteiger partial charge is 0.449 e. The first-order chi connectivity index (χ1) is 15.2. The van der Waals surface area contributed by atoms with Crippen LogP contribution in [0.4, 0.5) is 14.5 Å². The average Bonchev–Trinajstić information content (AvgIpc) is 3.02. The van der Waals surface area contributed by atoms with Gasteiger partial charge in [0, 0.05) is 0 Å². The van der Waals surface area contributed by atoms with Gasteiger partial charge in [-0.25, -0.2) is 9.48 Å². The summed E-state index contributed by atoms with van der Waals surface area (Å²) in [4.78, 5) is 24.8. The monoisotopic (exact) mass is 463 g/mol. The lowest BCUT2D eigenvalue weighted by Gasteiger charge is -2.16. The maximum Gasteiger partial charge on any atom is 0.387 e. The van der Waals surface area contributed by atoms with Gasteiger partial charge < -0.3 is 14.8 Å². The summed E-state index contributed by atoms with van der Waals surface area (Å²) in [5, 5.41) is 7.33. The predicted molar refractivity (Wildman–Crippen MR) is 115 cm³/mol.